The number of nitro groups is 2. The number of benzene rings is 2. The Morgan fingerprint density at radius 2 is 1.68 bits per heavy atom. The van der Waals surface area contributed by atoms with Crippen LogP contribution in [0.15, 0.2) is 40.9 Å². The molecule has 0 heterocycles. The zero-order valence-electron chi connectivity index (χ0n) is 15.7. The molecule has 0 saturated carbocycles. The van der Waals surface area contributed by atoms with E-state index in [1.165, 1.54) is 0 Å². The Labute approximate surface area is 188 Å². The molecule has 2 aromatic carbocycles. The molecule has 162 valence electrons. The number of nitro benzene ring substituents is 2. The summed E-state index contributed by atoms with van der Waals surface area (Å²) in [5, 5.41) is 23.6. The summed E-state index contributed by atoms with van der Waals surface area (Å²) in [5.74, 6) is -1.05. The maximum Gasteiger partial charge on any atom is 0.277 e. The second-order valence-corrected chi connectivity index (χ2v) is 7.23. The van der Waals surface area contributed by atoms with Gasteiger partial charge in [-0.15, -0.1) is 0 Å². The minimum absolute atomic E-state index is 0.340. The van der Waals surface area contributed by atoms with Gasteiger partial charge in [-0.1, -0.05) is 15.9 Å². The fraction of sp³-hybridized carbons (Fsp3) is 0.118. The lowest BCUT2D eigenvalue weighted by Gasteiger charge is -2.12. The van der Waals surface area contributed by atoms with Gasteiger partial charge in [0, 0.05) is 16.6 Å². The first-order valence-corrected chi connectivity index (χ1v) is 9.50. The number of carbonyl (C=O) groups is 2. The van der Waals surface area contributed by atoms with E-state index in [4.69, 9.17) is 17.0 Å². The van der Waals surface area contributed by atoms with Crippen molar-refractivity contribution in [3.63, 3.8) is 0 Å². The number of amides is 2. The number of aryl methyl sites for hydroxylation is 1. The molecule has 2 aromatic rings. The Hall–Kier alpha value is -3.65. The molecule has 0 unspecified atom stereocenters. The second-order valence-electron chi connectivity index (χ2n) is 5.91. The first-order chi connectivity index (χ1) is 14.6. The summed E-state index contributed by atoms with van der Waals surface area (Å²) < 4.78 is 6.24. The molecule has 0 fully saturated rings. The number of hydrazine groups is 1. The van der Waals surface area contributed by atoms with Crippen LogP contribution in [0.2, 0.25) is 0 Å². The molecule has 0 atom stereocenters. The third-order valence-electron chi connectivity index (χ3n) is 3.62. The average molecular weight is 512 g/mol. The lowest BCUT2D eigenvalue weighted by atomic mass is 10.1. The molecule has 3 N–H and O–H groups in total. The normalized spacial score (nSPS) is 10.0. The van der Waals surface area contributed by atoms with Crippen LogP contribution in [0.25, 0.3) is 0 Å². The average Bonchev–Trinajstić information content (AvgIpc) is 2.71. The second kappa shape index (κ2) is 10.4. The van der Waals surface area contributed by atoms with Gasteiger partial charge in [-0.2, -0.15) is 0 Å². The molecular weight excluding hydrogens is 498 g/mol. The summed E-state index contributed by atoms with van der Waals surface area (Å²) in [5.41, 5.74) is 3.65. The molecule has 12 nitrogen and oxygen atoms in total. The maximum atomic E-state index is 12.2. The van der Waals surface area contributed by atoms with E-state index in [9.17, 15) is 29.8 Å². The molecule has 0 spiro atoms. The molecule has 0 aliphatic carbocycles. The summed E-state index contributed by atoms with van der Waals surface area (Å²) >= 11 is 8.17. The van der Waals surface area contributed by atoms with Crippen molar-refractivity contribution in [1.29, 1.82) is 0 Å². The minimum atomic E-state index is -0.944. The van der Waals surface area contributed by atoms with E-state index in [-0.39, 0.29) is 17.3 Å². The van der Waals surface area contributed by atoms with Crippen molar-refractivity contribution >= 4 is 56.4 Å². The summed E-state index contributed by atoms with van der Waals surface area (Å²) in [7, 11) is 0. The zero-order valence-corrected chi connectivity index (χ0v) is 18.1. The maximum absolute atomic E-state index is 12.2. The van der Waals surface area contributed by atoms with Crippen LogP contribution in [0.4, 0.5) is 11.4 Å². The van der Waals surface area contributed by atoms with Gasteiger partial charge < -0.3 is 4.74 Å². The Balaban J connectivity index is 1.90. The van der Waals surface area contributed by atoms with Crippen LogP contribution < -0.4 is 20.9 Å². The SMILES string of the molecule is Cc1cc(Br)ccc1OCC(=O)NNC(=S)NC(=O)c1cc([N+](=O)[O-])cc([N+](=O)[O-])c1. The number of rotatable bonds is 6. The van der Waals surface area contributed by atoms with Crippen molar-refractivity contribution in [2.75, 3.05) is 6.61 Å². The molecule has 2 rings (SSSR count). The molecular formula is C17H14BrN5O7S. The van der Waals surface area contributed by atoms with Crippen molar-refractivity contribution in [2.45, 2.75) is 6.92 Å². The monoisotopic (exact) mass is 511 g/mol. The highest BCUT2D eigenvalue weighted by molar-refractivity contribution is 9.10. The Morgan fingerprint density at radius 3 is 2.23 bits per heavy atom. The van der Waals surface area contributed by atoms with Crippen LogP contribution in [0.5, 0.6) is 5.75 Å². The predicted octanol–water partition coefficient (Wildman–Crippen LogP) is 2.29. The lowest BCUT2D eigenvalue weighted by molar-refractivity contribution is -0.394. The number of ether oxygens (including phenoxy) is 1. The van der Waals surface area contributed by atoms with Crippen molar-refractivity contribution < 1.29 is 24.2 Å². The molecule has 2 amide bonds. The van der Waals surface area contributed by atoms with Gasteiger partial charge in [-0.3, -0.25) is 46.0 Å². The van der Waals surface area contributed by atoms with Crippen LogP contribution in [0.3, 0.4) is 0 Å². The summed E-state index contributed by atoms with van der Waals surface area (Å²) in [4.78, 5) is 44.1. The van der Waals surface area contributed by atoms with Crippen LogP contribution in [-0.2, 0) is 4.79 Å². The molecule has 0 bridgehead atoms. The van der Waals surface area contributed by atoms with Gasteiger partial charge in [-0.05, 0) is 42.9 Å². The molecule has 0 aromatic heterocycles. The highest BCUT2D eigenvalue weighted by atomic mass is 79.9. The van der Waals surface area contributed by atoms with Crippen molar-refractivity contribution in [2.24, 2.45) is 0 Å². The number of nitrogens with one attached hydrogen (secondary N) is 3. The van der Waals surface area contributed by atoms with E-state index in [1.54, 1.807) is 19.1 Å². The summed E-state index contributed by atoms with van der Waals surface area (Å²) in [6.07, 6.45) is 0. The molecule has 0 aliphatic rings. The van der Waals surface area contributed by atoms with E-state index in [1.807, 2.05) is 6.07 Å². The largest absolute Gasteiger partial charge is 0.483 e. The smallest absolute Gasteiger partial charge is 0.277 e. The third kappa shape index (κ3) is 6.97. The number of hydrogen-bond acceptors (Lipinski definition) is 8. The number of halogens is 1. The van der Waals surface area contributed by atoms with Crippen molar-refractivity contribution in [3.8, 4) is 5.75 Å². The quantitative estimate of drug-likeness (QED) is 0.299. The van der Waals surface area contributed by atoms with E-state index < -0.39 is 33.0 Å². The Kier molecular flexibility index (Phi) is 7.93. The van der Waals surface area contributed by atoms with E-state index in [0.29, 0.717) is 5.75 Å². The highest BCUT2D eigenvalue weighted by Gasteiger charge is 2.20. The molecule has 14 heteroatoms. The van der Waals surface area contributed by atoms with E-state index in [2.05, 4.69) is 32.1 Å². The lowest BCUT2D eigenvalue weighted by Crippen LogP contribution is -2.49. The molecule has 0 aliphatic heterocycles. The Morgan fingerprint density at radius 1 is 1.06 bits per heavy atom. The van der Waals surface area contributed by atoms with E-state index in [0.717, 1.165) is 28.2 Å². The molecule has 0 radical (unpaired) electrons. The summed E-state index contributed by atoms with van der Waals surface area (Å²) in [6.45, 7) is 1.46. The predicted molar refractivity (Wildman–Crippen MR) is 115 cm³/mol. The standard InChI is InChI=1S/C17H14BrN5O7S/c1-9-4-11(18)2-3-14(9)30-8-15(24)20-21-17(31)19-16(25)10-5-12(22(26)27)7-13(6-10)23(28)29/h2-7H,8H2,1H3,(H,20,24)(H2,19,21,25,31). The number of thiocarbonyl (C=S) groups is 1. The molecule has 0 saturated heterocycles. The van der Waals surface area contributed by atoms with Gasteiger partial charge in [0.25, 0.3) is 23.2 Å². The first kappa shape index (κ1) is 23.6. The Bertz CT molecular complexity index is 1050. The number of hydrogen-bond donors (Lipinski definition) is 3. The first-order valence-electron chi connectivity index (χ1n) is 8.30. The third-order valence-corrected chi connectivity index (χ3v) is 4.32. The van der Waals surface area contributed by atoms with Crippen molar-refractivity contribution in [3.05, 3.63) is 72.2 Å². The van der Waals surface area contributed by atoms with Gasteiger partial charge in [0.2, 0.25) is 0 Å². The van der Waals surface area contributed by atoms with Gasteiger partial charge in [0.1, 0.15) is 5.75 Å². The fourth-order valence-electron chi connectivity index (χ4n) is 2.22. The van der Waals surface area contributed by atoms with Crippen LogP contribution >= 0.6 is 28.1 Å². The van der Waals surface area contributed by atoms with Crippen LogP contribution in [-0.4, -0.2) is 33.4 Å². The van der Waals surface area contributed by atoms with Gasteiger partial charge in [0.05, 0.1) is 21.5 Å². The zero-order chi connectivity index (χ0) is 23.1. The molecule has 31 heavy (non-hydrogen) atoms. The van der Waals surface area contributed by atoms with E-state index >= 15 is 0 Å². The number of carbonyl (C=O) groups excluding carboxylic acids is 2. The van der Waals surface area contributed by atoms with Crippen LogP contribution in [0.1, 0.15) is 15.9 Å². The summed E-state index contributed by atoms with van der Waals surface area (Å²) in [6, 6.07) is 7.69. The number of non-ortho nitro benzene ring substituents is 2. The fourth-order valence-corrected chi connectivity index (χ4v) is 2.84. The van der Waals surface area contributed by atoms with Crippen molar-refractivity contribution in [1.82, 2.24) is 16.2 Å². The van der Waals surface area contributed by atoms with Crippen LogP contribution in [0, 0.1) is 27.2 Å². The topological polar surface area (TPSA) is 166 Å². The van der Waals surface area contributed by atoms with Gasteiger partial charge >= 0.3 is 0 Å². The minimum Gasteiger partial charge on any atom is -0.483 e. The van der Waals surface area contributed by atoms with Gasteiger partial charge in [-0.25, -0.2) is 0 Å². The highest BCUT2D eigenvalue weighted by Crippen LogP contribution is 2.23. The number of nitrogens with zero attached hydrogens (tertiary/aromatic N) is 2. The van der Waals surface area contributed by atoms with Gasteiger partial charge in [0.15, 0.2) is 11.7 Å².